The lowest BCUT2D eigenvalue weighted by Gasteiger charge is -2.05. The highest BCUT2D eigenvalue weighted by molar-refractivity contribution is 7.19. The van der Waals surface area contributed by atoms with Crippen molar-refractivity contribution in [2.24, 2.45) is 0 Å². The molecule has 0 amide bonds. The van der Waals surface area contributed by atoms with E-state index in [1.54, 1.807) is 25.6 Å². The Morgan fingerprint density at radius 1 is 0.714 bits per heavy atom. The summed E-state index contributed by atoms with van der Waals surface area (Å²) in [5, 5.41) is 4.39. The van der Waals surface area contributed by atoms with Crippen LogP contribution < -0.4 is 14.8 Å². The van der Waals surface area contributed by atoms with Gasteiger partial charge in [-0.1, -0.05) is 56.1 Å². The van der Waals surface area contributed by atoms with Crippen molar-refractivity contribution in [3.05, 3.63) is 78.4 Å². The van der Waals surface area contributed by atoms with E-state index in [1.165, 1.54) is 37.7 Å². The van der Waals surface area contributed by atoms with Gasteiger partial charge in [-0.25, -0.2) is 4.98 Å². The highest BCUT2D eigenvalue weighted by Crippen LogP contribution is 2.40. The summed E-state index contributed by atoms with van der Waals surface area (Å²) < 4.78 is 10.7. The maximum absolute atomic E-state index is 5.34. The maximum Gasteiger partial charge on any atom is 0.188 e. The van der Waals surface area contributed by atoms with Crippen molar-refractivity contribution in [1.29, 1.82) is 0 Å². The number of rotatable bonds is 12. The van der Waals surface area contributed by atoms with Crippen LogP contribution in [0.4, 0.5) is 10.8 Å². The normalized spacial score (nSPS) is 10.8. The number of methoxy groups -OCH3 is 2. The molecule has 5 heteroatoms. The summed E-state index contributed by atoms with van der Waals surface area (Å²) in [6, 6.07) is 25.0. The van der Waals surface area contributed by atoms with Crippen molar-refractivity contribution < 1.29 is 9.47 Å². The molecule has 3 aromatic carbocycles. The largest absolute Gasteiger partial charge is 0.497 e. The molecule has 0 spiro atoms. The number of hydrogen-bond acceptors (Lipinski definition) is 5. The molecular formula is C30H34N2O2S. The Hall–Kier alpha value is -3.31. The number of hydrogen-bond donors (Lipinski definition) is 1. The number of unbranched alkanes of at least 4 members (excludes halogenated alkanes) is 4. The molecule has 0 aliphatic heterocycles. The predicted molar refractivity (Wildman–Crippen MR) is 148 cm³/mol. The zero-order chi connectivity index (χ0) is 24.5. The second-order valence-electron chi connectivity index (χ2n) is 8.64. The number of nitrogens with one attached hydrogen (secondary N) is 1. The summed E-state index contributed by atoms with van der Waals surface area (Å²) in [6.07, 6.45) is 7.69. The van der Waals surface area contributed by atoms with Gasteiger partial charge in [0.05, 0.1) is 24.8 Å². The van der Waals surface area contributed by atoms with E-state index in [-0.39, 0.29) is 0 Å². The summed E-state index contributed by atoms with van der Waals surface area (Å²) >= 11 is 1.66. The van der Waals surface area contributed by atoms with Gasteiger partial charge in [0.2, 0.25) is 0 Å². The first-order valence-electron chi connectivity index (χ1n) is 12.4. The van der Waals surface area contributed by atoms with Gasteiger partial charge in [-0.2, -0.15) is 0 Å². The Morgan fingerprint density at radius 3 is 1.91 bits per heavy atom. The molecule has 4 rings (SSSR count). The SMILES string of the molecule is CCCCCCCc1ccc(Nc2nc(-c3ccc(OC)cc3)c(-c3ccc(OC)cc3)s2)cc1. The van der Waals surface area contributed by atoms with Crippen LogP contribution in [0.3, 0.4) is 0 Å². The Morgan fingerprint density at radius 2 is 1.31 bits per heavy atom. The predicted octanol–water partition coefficient (Wildman–Crippen LogP) is 8.75. The number of aromatic nitrogens is 1. The minimum Gasteiger partial charge on any atom is -0.497 e. The van der Waals surface area contributed by atoms with Crippen LogP contribution in [0, 0.1) is 0 Å². The van der Waals surface area contributed by atoms with Gasteiger partial charge in [-0.3, -0.25) is 0 Å². The van der Waals surface area contributed by atoms with Crippen LogP contribution in [0.15, 0.2) is 72.8 Å². The third-order valence-electron chi connectivity index (χ3n) is 6.12. The molecule has 35 heavy (non-hydrogen) atoms. The molecule has 4 nitrogen and oxygen atoms in total. The smallest absolute Gasteiger partial charge is 0.188 e. The van der Waals surface area contributed by atoms with Crippen LogP contribution in [0.25, 0.3) is 21.7 Å². The molecule has 0 saturated heterocycles. The van der Waals surface area contributed by atoms with E-state index in [9.17, 15) is 0 Å². The molecule has 182 valence electrons. The molecule has 0 atom stereocenters. The number of nitrogens with zero attached hydrogens (tertiary/aromatic N) is 1. The molecule has 0 bridgehead atoms. The standard InChI is InChI=1S/C30H34N2O2S/c1-4-5-6-7-8-9-22-10-16-25(17-11-22)31-30-32-28(23-12-18-26(33-2)19-13-23)29(35-30)24-14-20-27(34-3)21-15-24/h10-21H,4-9H2,1-3H3,(H,31,32). The van der Waals surface area contributed by atoms with Gasteiger partial charge in [0.25, 0.3) is 0 Å². The van der Waals surface area contributed by atoms with Gasteiger partial charge in [0.15, 0.2) is 5.13 Å². The third-order valence-corrected chi connectivity index (χ3v) is 7.14. The zero-order valence-electron chi connectivity index (χ0n) is 20.8. The molecule has 0 saturated carbocycles. The Labute approximate surface area is 213 Å². The molecule has 0 aliphatic rings. The van der Waals surface area contributed by atoms with Crippen molar-refractivity contribution in [3.8, 4) is 33.2 Å². The highest BCUT2D eigenvalue weighted by atomic mass is 32.1. The first-order valence-corrected chi connectivity index (χ1v) is 13.2. The third kappa shape index (κ3) is 6.64. The van der Waals surface area contributed by atoms with Crippen LogP contribution in [-0.2, 0) is 6.42 Å². The van der Waals surface area contributed by atoms with Crippen LogP contribution in [-0.4, -0.2) is 19.2 Å². The molecule has 1 aromatic heterocycles. The summed E-state index contributed by atoms with van der Waals surface area (Å²) in [5.74, 6) is 1.67. The molecule has 0 aliphatic carbocycles. The molecule has 1 heterocycles. The molecular weight excluding hydrogens is 452 g/mol. The lowest BCUT2D eigenvalue weighted by molar-refractivity contribution is 0.414. The van der Waals surface area contributed by atoms with Crippen molar-refractivity contribution in [3.63, 3.8) is 0 Å². The second-order valence-corrected chi connectivity index (χ2v) is 9.64. The van der Waals surface area contributed by atoms with Crippen molar-refractivity contribution in [2.75, 3.05) is 19.5 Å². The monoisotopic (exact) mass is 486 g/mol. The quantitative estimate of drug-likeness (QED) is 0.203. The van der Waals surface area contributed by atoms with E-state index >= 15 is 0 Å². The van der Waals surface area contributed by atoms with E-state index < -0.39 is 0 Å². The van der Waals surface area contributed by atoms with Gasteiger partial charge >= 0.3 is 0 Å². The molecule has 4 aromatic rings. The van der Waals surface area contributed by atoms with Crippen LogP contribution >= 0.6 is 11.3 Å². The Bertz CT molecular complexity index is 1120. The topological polar surface area (TPSA) is 43.4 Å². The molecule has 0 fully saturated rings. The van der Waals surface area contributed by atoms with Crippen LogP contribution in [0.5, 0.6) is 11.5 Å². The van der Waals surface area contributed by atoms with Crippen LogP contribution in [0.2, 0.25) is 0 Å². The molecule has 0 unspecified atom stereocenters. The number of anilines is 2. The average molecular weight is 487 g/mol. The van der Waals surface area contributed by atoms with Crippen molar-refractivity contribution in [2.45, 2.75) is 45.4 Å². The lowest BCUT2D eigenvalue weighted by Crippen LogP contribution is -1.91. The van der Waals surface area contributed by atoms with E-state index in [2.05, 4.69) is 60.8 Å². The minimum absolute atomic E-state index is 0.832. The number of aryl methyl sites for hydroxylation is 1. The van der Waals surface area contributed by atoms with E-state index in [1.807, 2.05) is 24.3 Å². The van der Waals surface area contributed by atoms with Crippen LogP contribution in [0.1, 0.15) is 44.6 Å². The van der Waals surface area contributed by atoms with Crippen molar-refractivity contribution >= 4 is 22.2 Å². The lowest BCUT2D eigenvalue weighted by atomic mass is 10.1. The Kier molecular flexibility index (Phi) is 8.79. The number of thiazole rings is 1. The van der Waals surface area contributed by atoms with E-state index in [0.717, 1.165) is 50.4 Å². The molecule has 0 radical (unpaired) electrons. The fraction of sp³-hybridized carbons (Fsp3) is 0.300. The second kappa shape index (κ2) is 12.4. The van der Waals surface area contributed by atoms with Gasteiger partial charge in [0.1, 0.15) is 11.5 Å². The summed E-state index contributed by atoms with van der Waals surface area (Å²) in [6.45, 7) is 2.26. The number of benzene rings is 3. The summed E-state index contributed by atoms with van der Waals surface area (Å²) in [5.41, 5.74) is 5.56. The number of ether oxygens (including phenoxy) is 2. The minimum atomic E-state index is 0.832. The fourth-order valence-corrected chi connectivity index (χ4v) is 5.08. The van der Waals surface area contributed by atoms with Gasteiger partial charge in [0, 0.05) is 11.3 Å². The first kappa shape index (κ1) is 24.8. The van der Waals surface area contributed by atoms with E-state index in [4.69, 9.17) is 14.5 Å². The average Bonchev–Trinajstić information content (AvgIpc) is 3.33. The fourth-order valence-electron chi connectivity index (χ4n) is 4.07. The zero-order valence-corrected chi connectivity index (χ0v) is 21.7. The van der Waals surface area contributed by atoms with Gasteiger partial charge in [-0.05, 0) is 84.6 Å². The Balaban J connectivity index is 1.54. The molecule has 1 N–H and O–H groups in total. The maximum atomic E-state index is 5.34. The first-order chi connectivity index (χ1) is 17.2. The highest BCUT2D eigenvalue weighted by Gasteiger charge is 2.16. The van der Waals surface area contributed by atoms with Gasteiger partial charge in [-0.15, -0.1) is 0 Å². The van der Waals surface area contributed by atoms with E-state index in [0.29, 0.717) is 0 Å². The van der Waals surface area contributed by atoms with Gasteiger partial charge < -0.3 is 14.8 Å². The summed E-state index contributed by atoms with van der Waals surface area (Å²) in [4.78, 5) is 6.10. The summed E-state index contributed by atoms with van der Waals surface area (Å²) in [7, 11) is 3.37. The van der Waals surface area contributed by atoms with Crippen molar-refractivity contribution in [1.82, 2.24) is 4.98 Å².